The number of aliphatic hydroxyl groups excluding tert-OH is 1. The average molecular weight is 371 g/mol. The van der Waals surface area contributed by atoms with Crippen LogP contribution in [0.5, 0.6) is 5.75 Å². The van der Waals surface area contributed by atoms with Crippen LogP contribution in [0.3, 0.4) is 0 Å². The van der Waals surface area contributed by atoms with E-state index >= 15 is 0 Å². The molecule has 2 rings (SSSR count). The Balaban J connectivity index is 2.41. The molecule has 0 aliphatic heterocycles. The van der Waals surface area contributed by atoms with Crippen molar-refractivity contribution in [3.8, 4) is 5.75 Å². The molecule has 0 bridgehead atoms. The Morgan fingerprint density at radius 1 is 1.29 bits per heavy atom. The van der Waals surface area contributed by atoms with E-state index < -0.39 is 5.54 Å². The fraction of sp³-hybridized carbons (Fsp3) is 0.250. The number of anilines is 1. The third-order valence-corrected chi connectivity index (χ3v) is 4.17. The Bertz CT molecular complexity index is 635. The number of hydrogen-bond donors (Lipinski definition) is 2. The van der Waals surface area contributed by atoms with Gasteiger partial charge in [-0.05, 0) is 36.8 Å². The van der Waals surface area contributed by atoms with Crippen LogP contribution in [0.25, 0.3) is 0 Å². The van der Waals surface area contributed by atoms with Gasteiger partial charge >= 0.3 is 0 Å². The van der Waals surface area contributed by atoms with Gasteiger partial charge in [0.2, 0.25) is 0 Å². The van der Waals surface area contributed by atoms with Gasteiger partial charge in [-0.1, -0.05) is 45.7 Å². The molecule has 5 heteroatoms. The first-order chi connectivity index (χ1) is 10.00. The van der Waals surface area contributed by atoms with Crippen LogP contribution in [0.4, 0.5) is 5.69 Å². The molecule has 0 saturated heterocycles. The Morgan fingerprint density at radius 3 is 2.62 bits per heavy atom. The number of benzene rings is 2. The fourth-order valence-electron chi connectivity index (χ4n) is 2.17. The fourth-order valence-corrected chi connectivity index (χ4v) is 3.06. The van der Waals surface area contributed by atoms with Gasteiger partial charge in [0, 0.05) is 9.50 Å². The van der Waals surface area contributed by atoms with E-state index in [2.05, 4.69) is 21.2 Å². The molecule has 21 heavy (non-hydrogen) atoms. The minimum atomic E-state index is -0.716. The lowest BCUT2D eigenvalue weighted by molar-refractivity contribution is 0.223. The van der Waals surface area contributed by atoms with E-state index in [0.717, 1.165) is 15.7 Å². The summed E-state index contributed by atoms with van der Waals surface area (Å²) >= 11 is 9.71. The second kappa shape index (κ2) is 6.69. The summed E-state index contributed by atoms with van der Waals surface area (Å²) in [5, 5.41) is 13.8. The minimum Gasteiger partial charge on any atom is -0.495 e. The van der Waals surface area contributed by atoms with Crippen molar-refractivity contribution in [1.29, 1.82) is 0 Å². The monoisotopic (exact) mass is 369 g/mol. The molecule has 0 amide bonds. The quantitative estimate of drug-likeness (QED) is 0.818. The number of methoxy groups -OCH3 is 1. The van der Waals surface area contributed by atoms with Gasteiger partial charge in [-0.3, -0.25) is 0 Å². The third kappa shape index (κ3) is 3.51. The van der Waals surface area contributed by atoms with Crippen LogP contribution in [-0.4, -0.2) is 18.8 Å². The van der Waals surface area contributed by atoms with E-state index in [1.807, 2.05) is 49.4 Å². The highest BCUT2D eigenvalue weighted by Gasteiger charge is 2.29. The molecular formula is C16H17BrClNO2. The molecule has 0 heterocycles. The van der Waals surface area contributed by atoms with Crippen LogP contribution in [0.15, 0.2) is 46.9 Å². The van der Waals surface area contributed by atoms with Crippen molar-refractivity contribution in [2.45, 2.75) is 12.5 Å². The molecule has 0 radical (unpaired) electrons. The van der Waals surface area contributed by atoms with E-state index in [1.165, 1.54) is 0 Å². The summed E-state index contributed by atoms with van der Waals surface area (Å²) in [5.41, 5.74) is 0.906. The first-order valence-electron chi connectivity index (χ1n) is 6.48. The first kappa shape index (κ1) is 16.1. The van der Waals surface area contributed by atoms with Crippen LogP contribution >= 0.6 is 27.5 Å². The standard InChI is InChI=1S/C16H17BrClNO2/c1-16(10-20,12-8-7-11(17)9-13(12)18)19-14-5-3-4-6-15(14)21-2/h3-9,19-20H,10H2,1-2H3. The molecule has 0 aliphatic rings. The SMILES string of the molecule is COc1ccccc1NC(C)(CO)c1ccc(Br)cc1Cl. The zero-order valence-electron chi connectivity index (χ0n) is 11.9. The average Bonchev–Trinajstić information content (AvgIpc) is 2.47. The first-order valence-corrected chi connectivity index (χ1v) is 7.65. The number of hydrogen-bond acceptors (Lipinski definition) is 3. The van der Waals surface area contributed by atoms with Crippen LogP contribution < -0.4 is 10.1 Å². The lowest BCUT2D eigenvalue weighted by Crippen LogP contribution is -2.36. The molecule has 0 spiro atoms. The topological polar surface area (TPSA) is 41.5 Å². The summed E-state index contributed by atoms with van der Waals surface area (Å²) in [6.45, 7) is 1.79. The van der Waals surface area contributed by atoms with Crippen molar-refractivity contribution >= 4 is 33.2 Å². The molecule has 1 atom stereocenters. The summed E-state index contributed by atoms with van der Waals surface area (Å²) in [5.74, 6) is 0.713. The van der Waals surface area contributed by atoms with Crippen LogP contribution in [0.2, 0.25) is 5.02 Å². The van der Waals surface area contributed by atoms with Gasteiger partial charge in [-0.2, -0.15) is 0 Å². The van der Waals surface area contributed by atoms with Crippen molar-refractivity contribution in [2.24, 2.45) is 0 Å². The number of rotatable bonds is 5. The van der Waals surface area contributed by atoms with E-state index in [9.17, 15) is 5.11 Å². The third-order valence-electron chi connectivity index (χ3n) is 3.36. The van der Waals surface area contributed by atoms with E-state index in [-0.39, 0.29) is 6.61 Å². The van der Waals surface area contributed by atoms with Crippen LogP contribution in [-0.2, 0) is 5.54 Å². The van der Waals surface area contributed by atoms with Gasteiger partial charge in [-0.15, -0.1) is 0 Å². The molecule has 0 aliphatic carbocycles. The lowest BCUT2D eigenvalue weighted by atomic mass is 9.92. The summed E-state index contributed by atoms with van der Waals surface area (Å²) in [7, 11) is 1.61. The number of nitrogens with one attached hydrogen (secondary N) is 1. The van der Waals surface area contributed by atoms with E-state index in [4.69, 9.17) is 16.3 Å². The highest BCUT2D eigenvalue weighted by Crippen LogP contribution is 2.35. The minimum absolute atomic E-state index is 0.105. The highest BCUT2D eigenvalue weighted by molar-refractivity contribution is 9.10. The van der Waals surface area contributed by atoms with Gasteiger partial charge in [-0.25, -0.2) is 0 Å². The second-order valence-corrected chi connectivity index (χ2v) is 6.26. The van der Waals surface area contributed by atoms with E-state index in [1.54, 1.807) is 7.11 Å². The van der Waals surface area contributed by atoms with Crippen LogP contribution in [0, 0.1) is 0 Å². The van der Waals surface area contributed by atoms with Gasteiger partial charge in [0.05, 0.1) is 24.9 Å². The predicted octanol–water partition coefficient (Wildman–Crippen LogP) is 4.43. The number of aliphatic hydroxyl groups is 1. The smallest absolute Gasteiger partial charge is 0.141 e. The summed E-state index contributed by atoms with van der Waals surface area (Å²) in [4.78, 5) is 0. The zero-order valence-corrected chi connectivity index (χ0v) is 14.2. The molecule has 1 unspecified atom stereocenters. The number of para-hydroxylation sites is 2. The molecule has 2 N–H and O–H groups in total. The normalized spacial score (nSPS) is 13.6. The van der Waals surface area contributed by atoms with Crippen molar-refractivity contribution < 1.29 is 9.84 Å². The predicted molar refractivity (Wildman–Crippen MR) is 90.2 cm³/mol. The molecular weight excluding hydrogens is 354 g/mol. The second-order valence-electron chi connectivity index (χ2n) is 4.94. The maximum absolute atomic E-state index is 9.88. The van der Waals surface area contributed by atoms with E-state index in [0.29, 0.717) is 10.8 Å². The van der Waals surface area contributed by atoms with Gasteiger partial charge < -0.3 is 15.2 Å². The van der Waals surface area contributed by atoms with Crippen molar-refractivity contribution in [3.63, 3.8) is 0 Å². The molecule has 3 nitrogen and oxygen atoms in total. The molecule has 2 aromatic rings. The molecule has 0 saturated carbocycles. The molecule has 0 aromatic heterocycles. The molecule has 112 valence electrons. The molecule has 0 fully saturated rings. The maximum Gasteiger partial charge on any atom is 0.141 e. The maximum atomic E-state index is 9.88. The number of halogens is 2. The lowest BCUT2D eigenvalue weighted by Gasteiger charge is -2.32. The van der Waals surface area contributed by atoms with Gasteiger partial charge in [0.1, 0.15) is 5.75 Å². The number of ether oxygens (including phenoxy) is 1. The van der Waals surface area contributed by atoms with Crippen molar-refractivity contribution in [2.75, 3.05) is 19.0 Å². The summed E-state index contributed by atoms with van der Waals surface area (Å²) < 4.78 is 6.23. The Labute approximate surface area is 138 Å². The Hall–Kier alpha value is -1.23. The largest absolute Gasteiger partial charge is 0.495 e. The summed E-state index contributed by atoms with van der Waals surface area (Å²) in [6, 6.07) is 13.2. The summed E-state index contributed by atoms with van der Waals surface area (Å²) in [6.07, 6.45) is 0. The van der Waals surface area contributed by atoms with Crippen LogP contribution in [0.1, 0.15) is 12.5 Å². The zero-order chi connectivity index (χ0) is 15.5. The molecule has 2 aromatic carbocycles. The van der Waals surface area contributed by atoms with Gasteiger partial charge in [0.15, 0.2) is 0 Å². The Morgan fingerprint density at radius 2 is 2.00 bits per heavy atom. The van der Waals surface area contributed by atoms with Crippen molar-refractivity contribution in [1.82, 2.24) is 0 Å². The Kier molecular flexibility index (Phi) is 5.14. The van der Waals surface area contributed by atoms with Crippen molar-refractivity contribution in [3.05, 3.63) is 57.5 Å². The van der Waals surface area contributed by atoms with Gasteiger partial charge in [0.25, 0.3) is 0 Å². The highest BCUT2D eigenvalue weighted by atomic mass is 79.9.